The van der Waals surface area contributed by atoms with E-state index in [1.165, 1.54) is 10.4 Å². The maximum atomic E-state index is 9.50. The molecule has 1 aromatic rings. The third-order valence-electron chi connectivity index (χ3n) is 3.48. The van der Waals surface area contributed by atoms with Gasteiger partial charge < -0.3 is 5.11 Å². The van der Waals surface area contributed by atoms with Gasteiger partial charge in [0.1, 0.15) is 0 Å². The summed E-state index contributed by atoms with van der Waals surface area (Å²) < 4.78 is 0. The molecule has 1 aliphatic rings. The van der Waals surface area contributed by atoms with Gasteiger partial charge in [-0.15, -0.1) is 11.3 Å². The van der Waals surface area contributed by atoms with Crippen molar-refractivity contribution in [1.82, 2.24) is 0 Å². The molecule has 0 spiro atoms. The molecule has 0 bridgehead atoms. The first-order valence-electron chi connectivity index (χ1n) is 4.69. The second-order valence-corrected chi connectivity index (χ2v) is 5.65. The van der Waals surface area contributed by atoms with E-state index >= 15 is 0 Å². The van der Waals surface area contributed by atoms with E-state index in [1.807, 2.05) is 0 Å². The first-order valence-corrected chi connectivity index (χ1v) is 5.57. The van der Waals surface area contributed by atoms with Gasteiger partial charge in [0.25, 0.3) is 0 Å². The summed E-state index contributed by atoms with van der Waals surface area (Å²) in [5, 5.41) is 11.6. The minimum absolute atomic E-state index is 0.0747. The highest BCUT2D eigenvalue weighted by molar-refractivity contribution is 7.10. The number of thiophene rings is 1. The van der Waals surface area contributed by atoms with Crippen molar-refractivity contribution in [2.45, 2.75) is 32.6 Å². The predicted octanol–water partition coefficient (Wildman–Crippen LogP) is 2.72. The predicted molar refractivity (Wildman–Crippen MR) is 56.2 cm³/mol. The first-order chi connectivity index (χ1) is 6.03. The summed E-state index contributed by atoms with van der Waals surface area (Å²) in [6, 6.07) is 2.14. The molecule has 1 atom stereocenters. The van der Waals surface area contributed by atoms with Crippen LogP contribution < -0.4 is 0 Å². The Morgan fingerprint density at radius 2 is 2.15 bits per heavy atom. The molecule has 1 fully saturated rings. The van der Waals surface area contributed by atoms with Crippen LogP contribution in [0.5, 0.6) is 0 Å². The minimum atomic E-state index is 0.0747. The third kappa shape index (κ3) is 1.09. The van der Waals surface area contributed by atoms with Gasteiger partial charge in [-0.05, 0) is 35.8 Å². The fraction of sp³-hybridized carbons (Fsp3) is 0.636. The van der Waals surface area contributed by atoms with Crippen molar-refractivity contribution < 1.29 is 5.11 Å². The Balaban J connectivity index is 2.41. The van der Waals surface area contributed by atoms with Crippen molar-refractivity contribution in [2.24, 2.45) is 5.41 Å². The van der Waals surface area contributed by atoms with Crippen molar-refractivity contribution in [2.75, 3.05) is 6.61 Å². The number of aliphatic hydroxyl groups excluding tert-OH is 1. The molecule has 0 amide bonds. The zero-order valence-electron chi connectivity index (χ0n) is 8.42. The molecule has 0 radical (unpaired) electrons. The van der Waals surface area contributed by atoms with Crippen LogP contribution in [0.25, 0.3) is 0 Å². The van der Waals surface area contributed by atoms with Crippen LogP contribution in [0, 0.1) is 12.3 Å². The Labute approximate surface area is 83.4 Å². The average molecular weight is 196 g/mol. The molecule has 0 saturated heterocycles. The maximum Gasteiger partial charge on any atom is 0.0541 e. The summed E-state index contributed by atoms with van der Waals surface area (Å²) in [6.07, 6.45) is 1.12. The molecular weight excluding hydrogens is 180 g/mol. The Bertz CT molecular complexity index is 327. The van der Waals surface area contributed by atoms with Crippen LogP contribution in [0.15, 0.2) is 11.4 Å². The zero-order chi connectivity index (χ0) is 9.69. The molecule has 1 aliphatic carbocycles. The van der Waals surface area contributed by atoms with Gasteiger partial charge in [0.2, 0.25) is 0 Å². The van der Waals surface area contributed by atoms with Gasteiger partial charge in [-0.2, -0.15) is 0 Å². The molecule has 1 heterocycles. The summed E-state index contributed by atoms with van der Waals surface area (Å²) in [5.74, 6) is 0. The topological polar surface area (TPSA) is 20.2 Å². The lowest BCUT2D eigenvalue weighted by Crippen LogP contribution is -2.18. The van der Waals surface area contributed by atoms with E-state index in [2.05, 4.69) is 32.2 Å². The Kier molecular flexibility index (Phi) is 1.83. The van der Waals surface area contributed by atoms with E-state index in [9.17, 15) is 5.11 Å². The lowest BCUT2D eigenvalue weighted by molar-refractivity contribution is 0.233. The maximum absolute atomic E-state index is 9.50. The van der Waals surface area contributed by atoms with Gasteiger partial charge in [0.05, 0.1) is 6.61 Å². The minimum Gasteiger partial charge on any atom is -0.395 e. The van der Waals surface area contributed by atoms with Crippen LogP contribution in [-0.4, -0.2) is 11.7 Å². The van der Waals surface area contributed by atoms with Gasteiger partial charge in [-0.1, -0.05) is 13.8 Å². The Morgan fingerprint density at radius 1 is 1.54 bits per heavy atom. The van der Waals surface area contributed by atoms with Gasteiger partial charge in [0.15, 0.2) is 0 Å². The molecular formula is C11H16OS. The highest BCUT2D eigenvalue weighted by atomic mass is 32.1. The van der Waals surface area contributed by atoms with Crippen LogP contribution in [-0.2, 0) is 5.41 Å². The van der Waals surface area contributed by atoms with Crippen molar-refractivity contribution in [3.05, 3.63) is 21.9 Å². The second kappa shape index (κ2) is 2.58. The lowest BCUT2D eigenvalue weighted by Gasteiger charge is -2.17. The quantitative estimate of drug-likeness (QED) is 0.771. The van der Waals surface area contributed by atoms with Gasteiger partial charge in [-0.3, -0.25) is 0 Å². The molecule has 0 aliphatic heterocycles. The Hall–Kier alpha value is -0.340. The van der Waals surface area contributed by atoms with E-state index in [-0.39, 0.29) is 10.8 Å². The number of aryl methyl sites for hydroxylation is 1. The fourth-order valence-corrected chi connectivity index (χ4v) is 3.60. The summed E-state index contributed by atoms with van der Waals surface area (Å²) >= 11 is 1.79. The van der Waals surface area contributed by atoms with E-state index in [4.69, 9.17) is 0 Å². The molecule has 1 aromatic heterocycles. The number of hydrogen-bond acceptors (Lipinski definition) is 2. The zero-order valence-corrected chi connectivity index (χ0v) is 9.24. The SMILES string of the molecule is Cc1ccsc1C1(CO)CC1(C)C. The molecule has 1 unspecified atom stereocenters. The molecule has 72 valence electrons. The number of aliphatic hydroxyl groups is 1. The highest BCUT2D eigenvalue weighted by Crippen LogP contribution is 2.65. The molecule has 13 heavy (non-hydrogen) atoms. The standard InChI is InChI=1S/C11H16OS/c1-8-4-5-13-9(8)11(7-12)6-10(11,2)3/h4-5,12H,6-7H2,1-3H3. The molecule has 2 rings (SSSR count). The number of rotatable bonds is 2. The van der Waals surface area contributed by atoms with Crippen molar-refractivity contribution >= 4 is 11.3 Å². The summed E-state index contributed by atoms with van der Waals surface area (Å²) in [4.78, 5) is 1.39. The summed E-state index contributed by atoms with van der Waals surface area (Å²) in [5.41, 5.74) is 1.70. The average Bonchev–Trinajstić information content (AvgIpc) is 2.43. The fourth-order valence-electron chi connectivity index (χ4n) is 2.30. The van der Waals surface area contributed by atoms with Crippen LogP contribution >= 0.6 is 11.3 Å². The Morgan fingerprint density at radius 3 is 2.46 bits per heavy atom. The second-order valence-electron chi connectivity index (χ2n) is 4.73. The van der Waals surface area contributed by atoms with Gasteiger partial charge in [-0.25, -0.2) is 0 Å². The molecule has 1 saturated carbocycles. The van der Waals surface area contributed by atoms with Crippen LogP contribution in [0.2, 0.25) is 0 Å². The van der Waals surface area contributed by atoms with E-state index in [1.54, 1.807) is 11.3 Å². The number of hydrogen-bond donors (Lipinski definition) is 1. The highest BCUT2D eigenvalue weighted by Gasteiger charge is 2.62. The van der Waals surface area contributed by atoms with E-state index < -0.39 is 0 Å². The third-order valence-corrected chi connectivity index (χ3v) is 4.70. The van der Waals surface area contributed by atoms with Gasteiger partial charge in [0, 0.05) is 10.3 Å². The normalized spacial score (nSPS) is 30.5. The smallest absolute Gasteiger partial charge is 0.0541 e. The summed E-state index contributed by atoms with van der Waals surface area (Å²) in [6.45, 7) is 6.91. The first kappa shape index (κ1) is 9.22. The molecule has 1 N–H and O–H groups in total. The molecule has 1 nitrogen and oxygen atoms in total. The van der Waals surface area contributed by atoms with Crippen LogP contribution in [0.1, 0.15) is 30.7 Å². The van der Waals surface area contributed by atoms with E-state index in [0.29, 0.717) is 6.61 Å². The molecule has 2 heteroatoms. The largest absolute Gasteiger partial charge is 0.395 e. The van der Waals surface area contributed by atoms with Crippen molar-refractivity contribution in [3.8, 4) is 0 Å². The van der Waals surface area contributed by atoms with Crippen LogP contribution in [0.3, 0.4) is 0 Å². The van der Waals surface area contributed by atoms with Crippen molar-refractivity contribution in [3.63, 3.8) is 0 Å². The summed E-state index contributed by atoms with van der Waals surface area (Å²) in [7, 11) is 0. The lowest BCUT2D eigenvalue weighted by atomic mass is 9.93. The van der Waals surface area contributed by atoms with Gasteiger partial charge >= 0.3 is 0 Å². The van der Waals surface area contributed by atoms with E-state index in [0.717, 1.165) is 6.42 Å². The monoisotopic (exact) mass is 196 g/mol. The molecule has 0 aromatic carbocycles. The van der Waals surface area contributed by atoms with Crippen LogP contribution in [0.4, 0.5) is 0 Å². The van der Waals surface area contributed by atoms with Crippen molar-refractivity contribution in [1.29, 1.82) is 0 Å².